The second-order valence-electron chi connectivity index (χ2n) is 5.39. The zero-order valence-corrected chi connectivity index (χ0v) is 14.3. The van der Waals surface area contributed by atoms with E-state index >= 15 is 0 Å². The van der Waals surface area contributed by atoms with Crippen LogP contribution in [0.2, 0.25) is 0 Å². The minimum absolute atomic E-state index is 0.0759. The minimum atomic E-state index is -0.319. The molecule has 0 fully saturated rings. The lowest BCUT2D eigenvalue weighted by atomic mass is 10.1. The first-order valence-electron chi connectivity index (χ1n) is 7.70. The number of ether oxygens (including phenoxy) is 2. The van der Waals surface area contributed by atoms with Crippen LogP contribution in [0.5, 0.6) is 11.5 Å². The van der Waals surface area contributed by atoms with Crippen LogP contribution in [0.4, 0.5) is 0 Å². The number of carbonyl (C=O) groups is 1. The molecule has 0 bridgehead atoms. The summed E-state index contributed by atoms with van der Waals surface area (Å²) in [5.74, 6) is 1.26. The number of methoxy groups -OCH3 is 2. The molecule has 128 valence electrons. The Morgan fingerprint density at radius 3 is 2.79 bits per heavy atom. The van der Waals surface area contributed by atoms with Gasteiger partial charge in [0, 0.05) is 24.5 Å². The molecule has 0 aliphatic carbocycles. The molecule has 0 aliphatic rings. The normalized spacial score (nSPS) is 11.6. The summed E-state index contributed by atoms with van der Waals surface area (Å²) >= 11 is 0. The maximum Gasteiger partial charge on any atom is 0.243 e. The molecule has 0 spiro atoms. The molecule has 0 aliphatic heterocycles. The topological polar surface area (TPSA) is 65.4 Å². The quantitative estimate of drug-likeness (QED) is 0.756. The van der Waals surface area contributed by atoms with E-state index in [1.807, 2.05) is 19.1 Å². The van der Waals surface area contributed by atoms with E-state index in [-0.39, 0.29) is 11.9 Å². The smallest absolute Gasteiger partial charge is 0.243 e. The van der Waals surface area contributed by atoms with Gasteiger partial charge in [-0.2, -0.15) is 0 Å². The molecule has 1 N–H and O–H groups in total. The zero-order chi connectivity index (χ0) is 17.5. The SMILES string of the molecule is C=CCc1cc(CNC(=O)[C@H](C)n2ccnc2)cc(OC)c1OC. The van der Waals surface area contributed by atoms with Crippen LogP contribution in [0.3, 0.4) is 0 Å². The maximum absolute atomic E-state index is 12.3. The van der Waals surface area contributed by atoms with Gasteiger partial charge in [-0.15, -0.1) is 6.58 Å². The fourth-order valence-electron chi connectivity index (χ4n) is 2.49. The summed E-state index contributed by atoms with van der Waals surface area (Å²) in [4.78, 5) is 16.2. The molecule has 1 atom stereocenters. The van der Waals surface area contributed by atoms with Crippen molar-refractivity contribution in [3.63, 3.8) is 0 Å². The van der Waals surface area contributed by atoms with Crippen molar-refractivity contribution in [2.24, 2.45) is 0 Å². The Kier molecular flexibility index (Phi) is 6.01. The molecule has 24 heavy (non-hydrogen) atoms. The average Bonchev–Trinajstić information content (AvgIpc) is 3.13. The summed E-state index contributed by atoms with van der Waals surface area (Å²) in [5.41, 5.74) is 1.91. The number of hydrogen-bond acceptors (Lipinski definition) is 4. The van der Waals surface area contributed by atoms with Crippen LogP contribution in [-0.4, -0.2) is 29.7 Å². The average molecular weight is 329 g/mol. The Labute approximate surface area is 142 Å². The van der Waals surface area contributed by atoms with Gasteiger partial charge in [-0.3, -0.25) is 4.79 Å². The molecule has 0 radical (unpaired) electrons. The van der Waals surface area contributed by atoms with Crippen LogP contribution < -0.4 is 14.8 Å². The first kappa shape index (κ1) is 17.6. The number of allylic oxidation sites excluding steroid dienone is 1. The molecule has 1 amide bonds. The first-order valence-corrected chi connectivity index (χ1v) is 7.70. The van der Waals surface area contributed by atoms with Gasteiger partial charge in [-0.1, -0.05) is 6.08 Å². The van der Waals surface area contributed by atoms with E-state index < -0.39 is 0 Å². The van der Waals surface area contributed by atoms with E-state index in [1.54, 1.807) is 43.6 Å². The Morgan fingerprint density at radius 2 is 2.21 bits per heavy atom. The third-order valence-corrected chi connectivity index (χ3v) is 3.80. The van der Waals surface area contributed by atoms with E-state index in [0.717, 1.165) is 11.1 Å². The second-order valence-corrected chi connectivity index (χ2v) is 5.39. The highest BCUT2D eigenvalue weighted by atomic mass is 16.5. The predicted octanol–water partition coefficient (Wildman–Crippen LogP) is 2.51. The van der Waals surface area contributed by atoms with Crippen molar-refractivity contribution in [2.45, 2.75) is 25.9 Å². The Balaban J connectivity index is 2.13. The highest BCUT2D eigenvalue weighted by molar-refractivity contribution is 5.79. The Bertz CT molecular complexity index is 696. The van der Waals surface area contributed by atoms with Crippen molar-refractivity contribution >= 4 is 5.91 Å². The van der Waals surface area contributed by atoms with Crippen LogP contribution >= 0.6 is 0 Å². The van der Waals surface area contributed by atoms with Crippen molar-refractivity contribution < 1.29 is 14.3 Å². The first-order chi connectivity index (χ1) is 11.6. The third kappa shape index (κ3) is 3.95. The molecule has 0 unspecified atom stereocenters. The van der Waals surface area contributed by atoms with E-state index in [4.69, 9.17) is 9.47 Å². The summed E-state index contributed by atoms with van der Waals surface area (Å²) in [6.07, 6.45) is 7.51. The van der Waals surface area contributed by atoms with E-state index in [1.165, 1.54) is 0 Å². The van der Waals surface area contributed by atoms with Crippen LogP contribution in [0.25, 0.3) is 0 Å². The molecule has 6 nitrogen and oxygen atoms in total. The third-order valence-electron chi connectivity index (χ3n) is 3.80. The lowest BCUT2D eigenvalue weighted by Crippen LogP contribution is -2.30. The number of carbonyl (C=O) groups excluding carboxylic acids is 1. The van der Waals surface area contributed by atoms with Crippen molar-refractivity contribution in [1.29, 1.82) is 0 Å². The second kappa shape index (κ2) is 8.19. The minimum Gasteiger partial charge on any atom is -0.493 e. The monoisotopic (exact) mass is 329 g/mol. The highest BCUT2D eigenvalue weighted by Gasteiger charge is 2.15. The van der Waals surface area contributed by atoms with Crippen molar-refractivity contribution in [2.75, 3.05) is 14.2 Å². The molecule has 6 heteroatoms. The molecule has 1 aromatic carbocycles. The van der Waals surface area contributed by atoms with Gasteiger partial charge >= 0.3 is 0 Å². The van der Waals surface area contributed by atoms with E-state index in [0.29, 0.717) is 24.5 Å². The lowest BCUT2D eigenvalue weighted by Gasteiger charge is -2.16. The van der Waals surface area contributed by atoms with Crippen molar-refractivity contribution in [3.8, 4) is 11.5 Å². The number of nitrogens with zero attached hydrogens (tertiary/aromatic N) is 2. The van der Waals surface area contributed by atoms with Crippen LogP contribution in [-0.2, 0) is 17.8 Å². The van der Waals surface area contributed by atoms with Gasteiger partial charge in [-0.05, 0) is 31.0 Å². The van der Waals surface area contributed by atoms with Gasteiger partial charge < -0.3 is 19.4 Å². The Morgan fingerprint density at radius 1 is 1.42 bits per heavy atom. The van der Waals surface area contributed by atoms with Gasteiger partial charge in [0.1, 0.15) is 6.04 Å². The lowest BCUT2D eigenvalue weighted by molar-refractivity contribution is -0.124. The highest BCUT2D eigenvalue weighted by Crippen LogP contribution is 2.33. The van der Waals surface area contributed by atoms with Gasteiger partial charge in [0.25, 0.3) is 0 Å². The summed E-state index contributed by atoms with van der Waals surface area (Å²) in [7, 11) is 3.21. The molecular formula is C18H23N3O3. The van der Waals surface area contributed by atoms with E-state index in [9.17, 15) is 4.79 Å². The molecule has 1 aromatic heterocycles. The van der Waals surface area contributed by atoms with Crippen molar-refractivity contribution in [1.82, 2.24) is 14.9 Å². The van der Waals surface area contributed by atoms with Crippen LogP contribution in [0, 0.1) is 0 Å². The van der Waals surface area contributed by atoms with Gasteiger partial charge in [0.05, 0.1) is 20.5 Å². The van der Waals surface area contributed by atoms with Crippen LogP contribution in [0.1, 0.15) is 24.1 Å². The summed E-state index contributed by atoms with van der Waals surface area (Å²) in [6.45, 7) is 6.00. The molecule has 0 saturated heterocycles. The standard InChI is InChI=1S/C18H23N3O3/c1-5-6-15-9-14(10-16(23-3)17(15)24-4)11-20-18(22)13(2)21-8-7-19-12-21/h5,7-10,12-13H,1,6,11H2,2-4H3,(H,20,22)/t13-/m0/s1. The molecule has 1 heterocycles. The fraction of sp³-hybridized carbons (Fsp3) is 0.333. The molecular weight excluding hydrogens is 306 g/mol. The van der Waals surface area contributed by atoms with Crippen molar-refractivity contribution in [3.05, 3.63) is 54.6 Å². The molecule has 2 aromatic rings. The predicted molar refractivity (Wildman–Crippen MR) is 92.2 cm³/mol. The number of hydrogen-bond donors (Lipinski definition) is 1. The zero-order valence-electron chi connectivity index (χ0n) is 14.3. The Hall–Kier alpha value is -2.76. The number of imidazole rings is 1. The van der Waals surface area contributed by atoms with Gasteiger partial charge in [-0.25, -0.2) is 4.98 Å². The van der Waals surface area contributed by atoms with Crippen LogP contribution in [0.15, 0.2) is 43.5 Å². The number of amides is 1. The maximum atomic E-state index is 12.3. The number of aromatic nitrogens is 2. The molecule has 2 rings (SSSR count). The summed E-state index contributed by atoms with van der Waals surface area (Å²) in [5, 5.41) is 2.94. The summed E-state index contributed by atoms with van der Waals surface area (Å²) in [6, 6.07) is 3.54. The fourth-order valence-corrected chi connectivity index (χ4v) is 2.49. The number of rotatable bonds is 8. The summed E-state index contributed by atoms with van der Waals surface area (Å²) < 4.78 is 12.6. The number of benzene rings is 1. The van der Waals surface area contributed by atoms with E-state index in [2.05, 4.69) is 16.9 Å². The number of nitrogens with one attached hydrogen (secondary N) is 1. The largest absolute Gasteiger partial charge is 0.493 e. The molecule has 0 saturated carbocycles. The van der Waals surface area contributed by atoms with Gasteiger partial charge in [0.2, 0.25) is 5.91 Å². The van der Waals surface area contributed by atoms with Gasteiger partial charge in [0.15, 0.2) is 11.5 Å².